The van der Waals surface area contributed by atoms with Gasteiger partial charge < -0.3 is 5.11 Å². The highest BCUT2D eigenvalue weighted by Crippen LogP contribution is 2.24. The highest BCUT2D eigenvalue weighted by atomic mass is 19.4. The third-order valence-electron chi connectivity index (χ3n) is 5.25. The molecule has 0 atom stereocenters. The van der Waals surface area contributed by atoms with E-state index in [4.69, 9.17) is 9.90 Å². The van der Waals surface area contributed by atoms with E-state index in [-0.39, 0.29) is 11.2 Å². The SMILES string of the molecule is O=C(O)C(F)(F)F.O=c1[nH]nc(-c2ccc(-n3ncn(Cc4ccccc4)c3=O)cc2)c2ccccc12. The summed E-state index contributed by atoms with van der Waals surface area (Å²) < 4.78 is 34.7. The second kappa shape index (κ2) is 10.3. The molecule has 37 heavy (non-hydrogen) atoms. The van der Waals surface area contributed by atoms with Crippen molar-refractivity contribution >= 4 is 16.7 Å². The maximum atomic E-state index is 12.8. The van der Waals surface area contributed by atoms with E-state index in [1.165, 1.54) is 4.68 Å². The Balaban J connectivity index is 0.000000405. The molecule has 2 heterocycles. The molecule has 188 valence electrons. The summed E-state index contributed by atoms with van der Waals surface area (Å²) >= 11 is 0. The molecule has 0 unspecified atom stereocenters. The highest BCUT2D eigenvalue weighted by Gasteiger charge is 2.38. The molecule has 0 radical (unpaired) electrons. The number of nitrogens with one attached hydrogen (secondary N) is 1. The lowest BCUT2D eigenvalue weighted by Gasteiger charge is -2.06. The van der Waals surface area contributed by atoms with E-state index in [0.29, 0.717) is 23.3 Å². The monoisotopic (exact) mass is 509 g/mol. The number of benzene rings is 3. The van der Waals surface area contributed by atoms with Gasteiger partial charge in [0.2, 0.25) is 0 Å². The number of aliphatic carboxylic acids is 1. The van der Waals surface area contributed by atoms with Crippen LogP contribution in [0.15, 0.2) is 94.8 Å². The zero-order valence-electron chi connectivity index (χ0n) is 18.9. The predicted molar refractivity (Wildman–Crippen MR) is 128 cm³/mol. The molecule has 0 bridgehead atoms. The summed E-state index contributed by atoms with van der Waals surface area (Å²) in [5, 5.41) is 19.5. The van der Waals surface area contributed by atoms with Crippen molar-refractivity contribution in [2.75, 3.05) is 0 Å². The van der Waals surface area contributed by atoms with Crippen molar-refractivity contribution in [2.24, 2.45) is 0 Å². The summed E-state index contributed by atoms with van der Waals surface area (Å²) in [7, 11) is 0. The van der Waals surface area contributed by atoms with Crippen molar-refractivity contribution in [3.05, 3.63) is 112 Å². The molecule has 5 rings (SSSR count). The number of rotatable bonds is 4. The largest absolute Gasteiger partial charge is 0.490 e. The Kier molecular flexibility index (Phi) is 7.00. The molecular formula is C25H18F3N5O4. The summed E-state index contributed by atoms with van der Waals surface area (Å²) in [4.78, 5) is 33.7. The van der Waals surface area contributed by atoms with Crippen LogP contribution in [0.1, 0.15) is 5.56 Å². The van der Waals surface area contributed by atoms with Crippen molar-refractivity contribution in [3.8, 4) is 16.9 Å². The Hall–Kier alpha value is -5.00. The van der Waals surface area contributed by atoms with Gasteiger partial charge in [0.25, 0.3) is 5.56 Å². The molecule has 0 saturated carbocycles. The Morgan fingerprint density at radius 1 is 0.892 bits per heavy atom. The molecule has 12 heteroatoms. The van der Waals surface area contributed by atoms with Crippen LogP contribution in [0.3, 0.4) is 0 Å². The Labute approximate surface area is 206 Å². The van der Waals surface area contributed by atoms with Crippen LogP contribution in [-0.2, 0) is 11.3 Å². The number of H-pyrrole nitrogens is 1. The van der Waals surface area contributed by atoms with Crippen LogP contribution in [0.4, 0.5) is 13.2 Å². The van der Waals surface area contributed by atoms with Gasteiger partial charge in [-0.3, -0.25) is 9.36 Å². The maximum absolute atomic E-state index is 12.8. The first-order chi connectivity index (χ1) is 17.6. The Morgan fingerprint density at radius 3 is 2.11 bits per heavy atom. The molecular weight excluding hydrogens is 491 g/mol. The summed E-state index contributed by atoms with van der Waals surface area (Å²) in [6, 6.07) is 24.5. The number of hydrogen-bond acceptors (Lipinski definition) is 5. The number of fused-ring (bicyclic) bond motifs is 1. The summed E-state index contributed by atoms with van der Waals surface area (Å²) in [5.74, 6) is -2.76. The summed E-state index contributed by atoms with van der Waals surface area (Å²) in [6.45, 7) is 0.463. The Bertz CT molecular complexity index is 1660. The van der Waals surface area contributed by atoms with Gasteiger partial charge in [0.1, 0.15) is 6.33 Å². The molecule has 2 N–H and O–H groups in total. The van der Waals surface area contributed by atoms with Crippen LogP contribution in [0, 0.1) is 0 Å². The fraction of sp³-hybridized carbons (Fsp3) is 0.0800. The number of carbonyl (C=O) groups is 1. The van der Waals surface area contributed by atoms with Gasteiger partial charge in [0, 0.05) is 10.9 Å². The van der Waals surface area contributed by atoms with Crippen LogP contribution in [0.25, 0.3) is 27.7 Å². The lowest BCUT2D eigenvalue weighted by molar-refractivity contribution is -0.192. The molecule has 5 aromatic rings. The van der Waals surface area contributed by atoms with Gasteiger partial charge in [0.15, 0.2) is 0 Å². The van der Waals surface area contributed by atoms with Gasteiger partial charge >= 0.3 is 17.8 Å². The summed E-state index contributed by atoms with van der Waals surface area (Å²) in [6.07, 6.45) is -3.54. The highest BCUT2D eigenvalue weighted by molar-refractivity contribution is 5.93. The van der Waals surface area contributed by atoms with E-state index in [2.05, 4.69) is 15.3 Å². The second-order valence-corrected chi connectivity index (χ2v) is 7.74. The molecule has 9 nitrogen and oxygen atoms in total. The number of aromatic nitrogens is 5. The van der Waals surface area contributed by atoms with Crippen LogP contribution in [0.2, 0.25) is 0 Å². The standard InChI is InChI=1S/C23H17N5O2.C2HF3O2/c29-22-20-9-5-4-8-19(20)21(25-26-22)17-10-12-18(13-11-17)28-23(30)27(15-24-28)14-16-6-2-1-3-7-16;3-2(4,5)1(6)7/h1-13,15H,14H2,(H,26,29);(H,6,7). The molecule has 0 aliphatic carbocycles. The van der Waals surface area contributed by atoms with Crippen molar-refractivity contribution in [3.63, 3.8) is 0 Å². The third kappa shape index (κ3) is 5.64. The fourth-order valence-electron chi connectivity index (χ4n) is 3.50. The molecule has 0 fully saturated rings. The minimum atomic E-state index is -5.08. The van der Waals surface area contributed by atoms with E-state index in [9.17, 15) is 22.8 Å². The van der Waals surface area contributed by atoms with Crippen molar-refractivity contribution < 1.29 is 23.1 Å². The lowest BCUT2D eigenvalue weighted by atomic mass is 10.0. The first-order valence-corrected chi connectivity index (χ1v) is 10.7. The van der Waals surface area contributed by atoms with Gasteiger partial charge in [-0.2, -0.15) is 28.1 Å². The quantitative estimate of drug-likeness (QED) is 0.382. The number of nitrogens with zero attached hydrogens (tertiary/aromatic N) is 4. The molecule has 0 aliphatic heterocycles. The summed E-state index contributed by atoms with van der Waals surface area (Å²) in [5.41, 5.74) is 2.78. The zero-order chi connectivity index (χ0) is 26.6. The van der Waals surface area contributed by atoms with Crippen LogP contribution >= 0.6 is 0 Å². The van der Waals surface area contributed by atoms with Gasteiger partial charge in [-0.1, -0.05) is 60.7 Å². The van der Waals surface area contributed by atoms with Gasteiger partial charge in [-0.05, 0) is 23.8 Å². The Morgan fingerprint density at radius 2 is 1.49 bits per heavy atom. The average Bonchev–Trinajstić information content (AvgIpc) is 3.25. The van der Waals surface area contributed by atoms with Gasteiger partial charge in [-0.15, -0.1) is 0 Å². The first kappa shape index (κ1) is 25.1. The number of halogens is 3. The first-order valence-electron chi connectivity index (χ1n) is 10.7. The molecule has 0 aliphatic rings. The van der Waals surface area contributed by atoms with Crippen molar-refractivity contribution in [2.45, 2.75) is 12.7 Å². The topological polar surface area (TPSA) is 123 Å². The zero-order valence-corrected chi connectivity index (χ0v) is 18.9. The van der Waals surface area contributed by atoms with E-state index in [0.717, 1.165) is 16.5 Å². The van der Waals surface area contributed by atoms with E-state index in [1.54, 1.807) is 17.0 Å². The average molecular weight is 509 g/mol. The van der Waals surface area contributed by atoms with E-state index < -0.39 is 12.1 Å². The van der Waals surface area contributed by atoms with Gasteiger partial charge in [-0.25, -0.2) is 14.7 Å². The third-order valence-corrected chi connectivity index (χ3v) is 5.25. The second-order valence-electron chi connectivity index (χ2n) is 7.74. The van der Waals surface area contributed by atoms with E-state index >= 15 is 0 Å². The normalized spacial score (nSPS) is 11.1. The number of carboxylic acids is 1. The minimum Gasteiger partial charge on any atom is -0.475 e. The number of hydrogen-bond donors (Lipinski definition) is 2. The molecule has 0 spiro atoms. The van der Waals surface area contributed by atoms with Crippen molar-refractivity contribution in [1.29, 1.82) is 0 Å². The number of aromatic amines is 1. The fourth-order valence-corrected chi connectivity index (χ4v) is 3.50. The molecule has 3 aromatic carbocycles. The molecule has 0 amide bonds. The van der Waals surface area contributed by atoms with Gasteiger partial charge in [0.05, 0.1) is 23.3 Å². The smallest absolute Gasteiger partial charge is 0.475 e. The van der Waals surface area contributed by atoms with Crippen molar-refractivity contribution in [1.82, 2.24) is 24.5 Å². The predicted octanol–water partition coefficient (Wildman–Crippen LogP) is 3.62. The lowest BCUT2D eigenvalue weighted by Crippen LogP contribution is -2.24. The van der Waals surface area contributed by atoms with Crippen LogP contribution in [0.5, 0.6) is 0 Å². The molecule has 0 saturated heterocycles. The van der Waals surface area contributed by atoms with E-state index in [1.807, 2.05) is 72.8 Å². The number of carboxylic acid groups (broad SMARTS) is 1. The molecule has 2 aromatic heterocycles. The van der Waals surface area contributed by atoms with Crippen LogP contribution < -0.4 is 11.2 Å². The minimum absolute atomic E-state index is 0.209. The maximum Gasteiger partial charge on any atom is 0.490 e. The van der Waals surface area contributed by atoms with Crippen LogP contribution in [-0.4, -0.2) is 41.8 Å². The number of alkyl halides is 3.